The van der Waals surface area contributed by atoms with Crippen molar-refractivity contribution in [3.63, 3.8) is 0 Å². The Morgan fingerprint density at radius 1 is 0.897 bits per heavy atom. The zero-order valence-corrected chi connectivity index (χ0v) is 16.5. The number of carbonyl (C=O) groups is 2. The molecule has 1 unspecified atom stereocenters. The van der Waals surface area contributed by atoms with Crippen LogP contribution in [0.25, 0.3) is 0 Å². The van der Waals surface area contributed by atoms with Crippen molar-refractivity contribution < 1.29 is 14.3 Å². The Balaban J connectivity index is 1.63. The molecule has 1 N–H and O–H groups in total. The van der Waals surface area contributed by atoms with E-state index >= 15 is 0 Å². The average molecular weight is 388 g/mol. The molecule has 1 atom stereocenters. The maximum absolute atomic E-state index is 12.8. The van der Waals surface area contributed by atoms with Crippen molar-refractivity contribution in [2.24, 2.45) is 0 Å². The second kappa shape index (κ2) is 9.55. The molecule has 0 radical (unpaired) electrons. The van der Waals surface area contributed by atoms with E-state index in [0.717, 1.165) is 5.69 Å². The van der Waals surface area contributed by atoms with Gasteiger partial charge in [0.25, 0.3) is 11.8 Å². The van der Waals surface area contributed by atoms with Crippen LogP contribution in [0.5, 0.6) is 5.75 Å². The number of anilines is 2. The molecule has 3 aromatic rings. The zero-order valence-electron chi connectivity index (χ0n) is 16.5. The van der Waals surface area contributed by atoms with E-state index in [1.54, 1.807) is 48.2 Å². The van der Waals surface area contributed by atoms with E-state index in [1.807, 2.05) is 55.5 Å². The Kier molecular flexibility index (Phi) is 6.63. The Hall–Kier alpha value is -3.60. The Bertz CT molecular complexity index is 941. The molecule has 148 valence electrons. The summed E-state index contributed by atoms with van der Waals surface area (Å²) in [7, 11) is 0. The molecule has 3 rings (SSSR count). The Labute approximate surface area is 170 Å². The van der Waals surface area contributed by atoms with Gasteiger partial charge >= 0.3 is 0 Å². The molecule has 0 bridgehead atoms. The largest absolute Gasteiger partial charge is 0.481 e. The lowest BCUT2D eigenvalue weighted by Gasteiger charge is -2.21. The number of benzene rings is 3. The normalized spacial score (nSPS) is 11.4. The molecule has 0 saturated heterocycles. The van der Waals surface area contributed by atoms with E-state index < -0.39 is 6.10 Å². The van der Waals surface area contributed by atoms with Crippen molar-refractivity contribution >= 4 is 23.2 Å². The lowest BCUT2D eigenvalue weighted by atomic mass is 10.1. The van der Waals surface area contributed by atoms with Crippen LogP contribution in [0.15, 0.2) is 84.9 Å². The predicted octanol–water partition coefficient (Wildman–Crippen LogP) is 4.76. The van der Waals surface area contributed by atoms with Crippen LogP contribution in [0.1, 0.15) is 24.2 Å². The monoisotopic (exact) mass is 388 g/mol. The van der Waals surface area contributed by atoms with Crippen molar-refractivity contribution in [1.29, 1.82) is 0 Å². The SMILES string of the molecule is CCN(C(=O)c1ccc(NC(=O)C(C)Oc2ccccc2)cc1)c1ccccc1. The summed E-state index contributed by atoms with van der Waals surface area (Å²) in [5.41, 5.74) is 2.02. The van der Waals surface area contributed by atoms with Gasteiger partial charge in [0.1, 0.15) is 5.75 Å². The summed E-state index contributed by atoms with van der Waals surface area (Å²) < 4.78 is 5.63. The number of nitrogens with zero attached hydrogens (tertiary/aromatic N) is 1. The van der Waals surface area contributed by atoms with Gasteiger partial charge < -0.3 is 15.0 Å². The minimum Gasteiger partial charge on any atom is -0.481 e. The lowest BCUT2D eigenvalue weighted by molar-refractivity contribution is -0.122. The number of hydrogen-bond acceptors (Lipinski definition) is 3. The molecule has 0 aromatic heterocycles. The minimum absolute atomic E-state index is 0.0858. The molecule has 0 spiro atoms. The van der Waals surface area contributed by atoms with Gasteiger partial charge in [-0.1, -0.05) is 36.4 Å². The number of ether oxygens (including phenoxy) is 1. The summed E-state index contributed by atoms with van der Waals surface area (Å²) in [5, 5.41) is 2.81. The molecule has 5 nitrogen and oxygen atoms in total. The molecule has 5 heteroatoms. The molecule has 0 saturated carbocycles. The third-order valence-corrected chi connectivity index (χ3v) is 4.45. The van der Waals surface area contributed by atoms with Gasteiger partial charge in [0, 0.05) is 23.5 Å². The quantitative estimate of drug-likeness (QED) is 0.635. The first-order valence-corrected chi connectivity index (χ1v) is 9.58. The first kappa shape index (κ1) is 20.1. The van der Waals surface area contributed by atoms with Gasteiger partial charge in [-0.25, -0.2) is 0 Å². The van der Waals surface area contributed by atoms with Crippen LogP contribution < -0.4 is 15.0 Å². The second-order valence-electron chi connectivity index (χ2n) is 6.52. The summed E-state index contributed by atoms with van der Waals surface area (Å²) in [6.07, 6.45) is -0.646. The summed E-state index contributed by atoms with van der Waals surface area (Å²) in [5.74, 6) is 0.293. The molecule has 0 aliphatic rings. The van der Waals surface area contributed by atoms with Crippen LogP contribution in [0.3, 0.4) is 0 Å². The Morgan fingerprint density at radius 2 is 1.48 bits per heavy atom. The van der Waals surface area contributed by atoms with Gasteiger partial charge in [-0.15, -0.1) is 0 Å². The van der Waals surface area contributed by atoms with Crippen LogP contribution in [-0.4, -0.2) is 24.5 Å². The van der Waals surface area contributed by atoms with Crippen LogP contribution in [0.4, 0.5) is 11.4 Å². The second-order valence-corrected chi connectivity index (χ2v) is 6.52. The van der Waals surface area contributed by atoms with Crippen molar-refractivity contribution in [2.75, 3.05) is 16.8 Å². The van der Waals surface area contributed by atoms with Gasteiger partial charge in [0.2, 0.25) is 0 Å². The van der Waals surface area contributed by atoms with Gasteiger partial charge in [-0.3, -0.25) is 9.59 Å². The number of amides is 2. The highest BCUT2D eigenvalue weighted by molar-refractivity contribution is 6.06. The van der Waals surface area contributed by atoms with E-state index in [0.29, 0.717) is 23.5 Å². The van der Waals surface area contributed by atoms with Crippen molar-refractivity contribution in [2.45, 2.75) is 20.0 Å². The fourth-order valence-electron chi connectivity index (χ4n) is 2.90. The number of nitrogens with one attached hydrogen (secondary N) is 1. The molecule has 0 aliphatic heterocycles. The van der Waals surface area contributed by atoms with Crippen LogP contribution in [-0.2, 0) is 4.79 Å². The lowest BCUT2D eigenvalue weighted by Crippen LogP contribution is -2.31. The van der Waals surface area contributed by atoms with Crippen LogP contribution in [0.2, 0.25) is 0 Å². The molecule has 0 fully saturated rings. The Morgan fingerprint density at radius 3 is 2.07 bits per heavy atom. The van der Waals surface area contributed by atoms with Crippen LogP contribution >= 0.6 is 0 Å². The number of hydrogen-bond donors (Lipinski definition) is 1. The first-order chi connectivity index (χ1) is 14.1. The van der Waals surface area contributed by atoms with Gasteiger partial charge in [0.05, 0.1) is 0 Å². The maximum atomic E-state index is 12.8. The minimum atomic E-state index is -0.646. The molecule has 29 heavy (non-hydrogen) atoms. The first-order valence-electron chi connectivity index (χ1n) is 9.58. The van der Waals surface area contributed by atoms with Crippen molar-refractivity contribution in [3.05, 3.63) is 90.5 Å². The van der Waals surface area contributed by atoms with Gasteiger partial charge in [-0.05, 0) is 62.4 Å². The average Bonchev–Trinajstić information content (AvgIpc) is 2.76. The summed E-state index contributed by atoms with van der Waals surface area (Å²) in [6.45, 7) is 4.20. The van der Waals surface area contributed by atoms with E-state index in [2.05, 4.69) is 5.32 Å². The smallest absolute Gasteiger partial charge is 0.265 e. The van der Waals surface area contributed by atoms with Crippen molar-refractivity contribution in [1.82, 2.24) is 0 Å². The summed E-state index contributed by atoms with van der Waals surface area (Å²) >= 11 is 0. The fraction of sp³-hybridized carbons (Fsp3) is 0.167. The highest BCUT2D eigenvalue weighted by atomic mass is 16.5. The highest BCUT2D eigenvalue weighted by Crippen LogP contribution is 2.18. The number of rotatable bonds is 7. The summed E-state index contributed by atoms with van der Waals surface area (Å²) in [4.78, 5) is 26.9. The topological polar surface area (TPSA) is 58.6 Å². The number of para-hydroxylation sites is 2. The van der Waals surface area contributed by atoms with Crippen molar-refractivity contribution in [3.8, 4) is 5.75 Å². The zero-order chi connectivity index (χ0) is 20.6. The molecular formula is C24H24N2O3. The summed E-state index contributed by atoms with van der Waals surface area (Å²) in [6, 6.07) is 25.6. The van der Waals surface area contributed by atoms with E-state index in [1.165, 1.54) is 0 Å². The number of carbonyl (C=O) groups excluding carboxylic acids is 2. The van der Waals surface area contributed by atoms with Crippen LogP contribution in [0, 0.1) is 0 Å². The predicted molar refractivity (Wildman–Crippen MR) is 115 cm³/mol. The van der Waals surface area contributed by atoms with Gasteiger partial charge in [-0.2, -0.15) is 0 Å². The highest BCUT2D eigenvalue weighted by Gasteiger charge is 2.17. The molecule has 0 aliphatic carbocycles. The third-order valence-electron chi connectivity index (χ3n) is 4.45. The molecule has 3 aromatic carbocycles. The van der Waals surface area contributed by atoms with E-state index in [4.69, 9.17) is 4.74 Å². The maximum Gasteiger partial charge on any atom is 0.265 e. The third kappa shape index (κ3) is 5.23. The molecule has 2 amide bonds. The fourth-order valence-corrected chi connectivity index (χ4v) is 2.90. The van der Waals surface area contributed by atoms with E-state index in [9.17, 15) is 9.59 Å². The molecule has 0 heterocycles. The standard InChI is InChI=1S/C24H24N2O3/c1-3-26(21-10-6-4-7-11-21)24(28)19-14-16-20(17-15-19)25-23(27)18(2)29-22-12-8-5-9-13-22/h4-18H,3H2,1-2H3,(H,25,27). The molecular weight excluding hydrogens is 364 g/mol. The van der Waals surface area contributed by atoms with E-state index in [-0.39, 0.29) is 11.8 Å². The van der Waals surface area contributed by atoms with Gasteiger partial charge in [0.15, 0.2) is 6.10 Å².